The number of nitrogens with zero attached hydrogens (tertiary/aromatic N) is 3. The Morgan fingerprint density at radius 3 is 2.71 bits per heavy atom. The van der Waals surface area contributed by atoms with Crippen LogP contribution in [-0.2, 0) is 4.74 Å². The molecule has 0 unspecified atom stereocenters. The van der Waals surface area contributed by atoms with Gasteiger partial charge in [-0.3, -0.25) is 0 Å². The van der Waals surface area contributed by atoms with Gasteiger partial charge in [0, 0.05) is 17.8 Å². The summed E-state index contributed by atoms with van der Waals surface area (Å²) in [5.74, 6) is 1.93. The summed E-state index contributed by atoms with van der Waals surface area (Å²) in [4.78, 5) is 25.1. The number of hydrogen-bond donors (Lipinski definition) is 0. The van der Waals surface area contributed by atoms with Crippen molar-refractivity contribution in [3.8, 4) is 10.8 Å². The van der Waals surface area contributed by atoms with Gasteiger partial charge in [-0.2, -0.15) is 0 Å². The number of ether oxygens (including phenoxy) is 1. The van der Waals surface area contributed by atoms with Crippen LogP contribution < -0.4 is 0 Å². The van der Waals surface area contributed by atoms with Gasteiger partial charge in [-0.05, 0) is 42.1 Å². The Morgan fingerprint density at radius 2 is 2.04 bits per heavy atom. The van der Waals surface area contributed by atoms with Gasteiger partial charge in [-0.1, -0.05) is 20.8 Å². The first-order chi connectivity index (χ1) is 11.5. The fourth-order valence-electron chi connectivity index (χ4n) is 4.34. The van der Waals surface area contributed by atoms with Gasteiger partial charge in [0.1, 0.15) is 6.10 Å². The van der Waals surface area contributed by atoms with Crippen molar-refractivity contribution in [1.82, 2.24) is 15.0 Å². The molecule has 0 N–H and O–H groups in total. The summed E-state index contributed by atoms with van der Waals surface area (Å²) in [7, 11) is 0. The Balaban J connectivity index is 1.45. The maximum absolute atomic E-state index is 12.5. The molecule has 5 nitrogen and oxygen atoms in total. The first-order valence-electron chi connectivity index (χ1n) is 8.40. The number of rotatable bonds is 3. The highest BCUT2D eigenvalue weighted by Gasteiger charge is 2.57. The molecule has 126 valence electrons. The highest BCUT2D eigenvalue weighted by Crippen LogP contribution is 2.61. The summed E-state index contributed by atoms with van der Waals surface area (Å²) in [6.07, 6.45) is 5.58. The molecule has 2 heterocycles. The van der Waals surface area contributed by atoms with E-state index in [0.717, 1.165) is 6.42 Å². The standard InChI is InChI=1S/C18H21N3O2S/c1-10-12-7-11(18(12,2)3)8-14(10)23-17(22)13-9-24-16(21-13)15-19-5-4-6-20-15/h4-6,9-12,14H,7-8H2,1-3H3/t10-,11-,12-,14-/m1/s1. The summed E-state index contributed by atoms with van der Waals surface area (Å²) in [5, 5.41) is 2.37. The van der Waals surface area contributed by atoms with E-state index in [1.54, 1.807) is 23.8 Å². The van der Waals surface area contributed by atoms with Crippen molar-refractivity contribution in [1.29, 1.82) is 0 Å². The second-order valence-electron chi connectivity index (χ2n) is 7.51. The number of esters is 1. The van der Waals surface area contributed by atoms with Crippen molar-refractivity contribution in [3.63, 3.8) is 0 Å². The zero-order chi connectivity index (χ0) is 16.9. The molecule has 3 aliphatic carbocycles. The molecular formula is C18H21N3O2S. The van der Waals surface area contributed by atoms with E-state index in [2.05, 4.69) is 35.7 Å². The van der Waals surface area contributed by atoms with Crippen LogP contribution in [0.25, 0.3) is 10.8 Å². The minimum Gasteiger partial charge on any atom is -0.457 e. The van der Waals surface area contributed by atoms with E-state index >= 15 is 0 Å². The van der Waals surface area contributed by atoms with Crippen LogP contribution in [0.3, 0.4) is 0 Å². The highest BCUT2D eigenvalue weighted by molar-refractivity contribution is 7.13. The topological polar surface area (TPSA) is 65.0 Å². The quantitative estimate of drug-likeness (QED) is 0.793. The Hall–Kier alpha value is -1.82. The van der Waals surface area contributed by atoms with Crippen LogP contribution in [0, 0.1) is 23.2 Å². The van der Waals surface area contributed by atoms with Crippen LogP contribution in [0.4, 0.5) is 0 Å². The van der Waals surface area contributed by atoms with E-state index in [1.807, 2.05) is 0 Å². The van der Waals surface area contributed by atoms with E-state index in [-0.39, 0.29) is 12.1 Å². The molecule has 0 aliphatic heterocycles. The van der Waals surface area contributed by atoms with Gasteiger partial charge in [0.2, 0.25) is 0 Å². The molecule has 0 saturated heterocycles. The van der Waals surface area contributed by atoms with Gasteiger partial charge in [-0.25, -0.2) is 19.7 Å². The summed E-state index contributed by atoms with van der Waals surface area (Å²) >= 11 is 1.37. The molecule has 0 aromatic carbocycles. The van der Waals surface area contributed by atoms with Crippen LogP contribution in [-0.4, -0.2) is 27.0 Å². The lowest BCUT2D eigenvalue weighted by molar-refractivity contribution is -0.156. The smallest absolute Gasteiger partial charge is 0.358 e. The number of fused-ring (bicyclic) bond motifs is 2. The van der Waals surface area contributed by atoms with E-state index in [4.69, 9.17) is 4.74 Å². The monoisotopic (exact) mass is 343 g/mol. The second kappa shape index (κ2) is 5.62. The SMILES string of the molecule is C[C@@H]1[C@H]2C[C@H](C[C@H]1OC(=O)c1csc(-c3ncccn3)n1)C2(C)C. The Kier molecular flexibility index (Phi) is 3.67. The van der Waals surface area contributed by atoms with E-state index in [1.165, 1.54) is 17.8 Å². The van der Waals surface area contributed by atoms with E-state index in [0.29, 0.717) is 39.7 Å². The molecule has 5 rings (SSSR count). The summed E-state index contributed by atoms with van der Waals surface area (Å²) < 4.78 is 5.80. The molecule has 3 fully saturated rings. The minimum absolute atomic E-state index is 0.00685. The van der Waals surface area contributed by atoms with Crippen LogP contribution in [0.2, 0.25) is 0 Å². The first-order valence-corrected chi connectivity index (χ1v) is 9.28. The molecule has 3 saturated carbocycles. The molecule has 2 bridgehead atoms. The van der Waals surface area contributed by atoms with Crippen LogP contribution in [0.15, 0.2) is 23.8 Å². The fraction of sp³-hybridized carbons (Fsp3) is 0.556. The van der Waals surface area contributed by atoms with Crippen LogP contribution in [0.5, 0.6) is 0 Å². The predicted molar refractivity (Wildman–Crippen MR) is 91.5 cm³/mol. The minimum atomic E-state index is -0.329. The van der Waals surface area contributed by atoms with Gasteiger partial charge in [0.25, 0.3) is 0 Å². The van der Waals surface area contributed by atoms with Gasteiger partial charge in [0.15, 0.2) is 16.5 Å². The molecule has 2 aromatic rings. The predicted octanol–water partition coefficient (Wildman–Crippen LogP) is 3.83. The average molecular weight is 343 g/mol. The third kappa shape index (κ3) is 2.44. The first kappa shape index (κ1) is 15.7. The number of hydrogen-bond acceptors (Lipinski definition) is 6. The van der Waals surface area contributed by atoms with Crippen molar-refractivity contribution in [2.75, 3.05) is 0 Å². The summed E-state index contributed by atoms with van der Waals surface area (Å²) in [6.45, 7) is 6.89. The third-order valence-electron chi connectivity index (χ3n) is 6.01. The van der Waals surface area contributed by atoms with Crippen molar-refractivity contribution in [2.45, 2.75) is 39.7 Å². The molecule has 2 aromatic heterocycles. The molecule has 0 radical (unpaired) electrons. The highest BCUT2D eigenvalue weighted by atomic mass is 32.1. The molecule has 4 atom stereocenters. The summed E-state index contributed by atoms with van der Waals surface area (Å²) in [5.41, 5.74) is 0.744. The van der Waals surface area contributed by atoms with Gasteiger partial charge >= 0.3 is 5.97 Å². The van der Waals surface area contributed by atoms with Crippen molar-refractivity contribution < 1.29 is 9.53 Å². The van der Waals surface area contributed by atoms with Crippen LogP contribution in [0.1, 0.15) is 44.1 Å². The van der Waals surface area contributed by atoms with Crippen LogP contribution >= 0.6 is 11.3 Å². The van der Waals surface area contributed by atoms with Gasteiger partial charge < -0.3 is 4.74 Å². The lowest BCUT2D eigenvalue weighted by Crippen LogP contribution is -2.57. The maximum Gasteiger partial charge on any atom is 0.358 e. The number of carbonyl (C=O) groups excluding carboxylic acids is 1. The van der Waals surface area contributed by atoms with Gasteiger partial charge in [-0.15, -0.1) is 11.3 Å². The third-order valence-corrected chi connectivity index (χ3v) is 6.85. The van der Waals surface area contributed by atoms with Crippen molar-refractivity contribution >= 4 is 17.3 Å². The average Bonchev–Trinajstić information content (AvgIpc) is 3.07. The molecule has 24 heavy (non-hydrogen) atoms. The number of thiazole rings is 1. The largest absolute Gasteiger partial charge is 0.457 e. The lowest BCUT2D eigenvalue weighted by Gasteiger charge is -2.61. The molecule has 3 aliphatic rings. The molecule has 0 amide bonds. The summed E-state index contributed by atoms with van der Waals surface area (Å²) in [6, 6.07) is 1.75. The Morgan fingerprint density at radius 1 is 1.29 bits per heavy atom. The van der Waals surface area contributed by atoms with Gasteiger partial charge in [0.05, 0.1) is 0 Å². The Labute approximate surface area is 145 Å². The number of aromatic nitrogens is 3. The van der Waals surface area contributed by atoms with Crippen molar-refractivity contribution in [3.05, 3.63) is 29.5 Å². The molecular weight excluding hydrogens is 322 g/mol. The number of carbonyl (C=O) groups is 1. The zero-order valence-electron chi connectivity index (χ0n) is 14.1. The Bertz CT molecular complexity index is 759. The maximum atomic E-state index is 12.5. The molecule has 6 heteroatoms. The van der Waals surface area contributed by atoms with Crippen molar-refractivity contribution in [2.24, 2.45) is 23.2 Å². The van der Waals surface area contributed by atoms with E-state index in [9.17, 15) is 4.79 Å². The fourth-order valence-corrected chi connectivity index (χ4v) is 5.07. The van der Waals surface area contributed by atoms with E-state index < -0.39 is 0 Å². The normalized spacial score (nSPS) is 30.5. The molecule has 0 spiro atoms. The second-order valence-corrected chi connectivity index (χ2v) is 8.37. The zero-order valence-corrected chi connectivity index (χ0v) is 14.9. The lowest BCUT2D eigenvalue weighted by atomic mass is 9.45.